The predicted molar refractivity (Wildman–Crippen MR) is 121 cm³/mol. The molecule has 0 saturated heterocycles. The zero-order valence-corrected chi connectivity index (χ0v) is 17.9. The number of carbonyl (C=O) groups excluding carboxylic acids is 1. The van der Waals surface area contributed by atoms with Crippen LogP contribution in [0.4, 0.5) is 0 Å². The third-order valence-electron chi connectivity index (χ3n) is 4.98. The summed E-state index contributed by atoms with van der Waals surface area (Å²) >= 11 is 1.67. The molecule has 0 aliphatic heterocycles. The molecular weight excluding hydrogens is 394 g/mol. The number of hydrogen-bond donors (Lipinski definition) is 1. The number of amides is 1. The van der Waals surface area contributed by atoms with Gasteiger partial charge in [0.1, 0.15) is 24.7 Å². The summed E-state index contributed by atoms with van der Waals surface area (Å²) in [7, 11) is 0. The lowest BCUT2D eigenvalue weighted by atomic mass is 10.0. The number of ether oxygens (including phenoxy) is 1. The molecule has 0 spiro atoms. The van der Waals surface area contributed by atoms with E-state index in [0.29, 0.717) is 12.5 Å². The minimum Gasteiger partial charge on any atom is -0.486 e. The number of nitrogens with one attached hydrogen (secondary N) is 1. The first-order chi connectivity index (χ1) is 14.6. The molecule has 1 amide bonds. The SMILES string of the molecule is CC(C)C(NC(=O)Cn1c(COc2ccccc2)nc2ccccc21)c1cccs1. The highest BCUT2D eigenvalue weighted by atomic mass is 32.1. The van der Waals surface area contributed by atoms with Crippen molar-refractivity contribution in [2.24, 2.45) is 5.92 Å². The first-order valence-electron chi connectivity index (χ1n) is 10.1. The van der Waals surface area contributed by atoms with Crippen molar-refractivity contribution in [1.29, 1.82) is 0 Å². The summed E-state index contributed by atoms with van der Waals surface area (Å²) in [6.45, 7) is 4.74. The van der Waals surface area contributed by atoms with Gasteiger partial charge in [-0.3, -0.25) is 4.79 Å². The van der Waals surface area contributed by atoms with E-state index in [1.165, 1.54) is 4.88 Å². The fourth-order valence-corrected chi connectivity index (χ4v) is 4.42. The van der Waals surface area contributed by atoms with E-state index in [4.69, 9.17) is 9.72 Å². The van der Waals surface area contributed by atoms with Crippen LogP contribution in [0.15, 0.2) is 72.1 Å². The third kappa shape index (κ3) is 4.54. The summed E-state index contributed by atoms with van der Waals surface area (Å²) in [5.41, 5.74) is 1.78. The molecular formula is C24H25N3O2S. The molecule has 0 radical (unpaired) electrons. The number of fused-ring (bicyclic) bond motifs is 1. The van der Waals surface area contributed by atoms with Gasteiger partial charge in [0.15, 0.2) is 0 Å². The lowest BCUT2D eigenvalue weighted by Crippen LogP contribution is -2.34. The molecule has 0 fully saturated rings. The van der Waals surface area contributed by atoms with Crippen LogP contribution in [-0.4, -0.2) is 15.5 Å². The highest BCUT2D eigenvalue weighted by Crippen LogP contribution is 2.26. The Morgan fingerprint density at radius 2 is 1.83 bits per heavy atom. The van der Waals surface area contributed by atoms with E-state index < -0.39 is 0 Å². The minimum atomic E-state index is -0.0359. The average molecular weight is 420 g/mol. The summed E-state index contributed by atoms with van der Waals surface area (Å²) in [6.07, 6.45) is 0. The maximum atomic E-state index is 13.0. The van der Waals surface area contributed by atoms with Crippen LogP contribution < -0.4 is 10.1 Å². The first-order valence-corrected chi connectivity index (χ1v) is 10.9. The summed E-state index contributed by atoms with van der Waals surface area (Å²) < 4.78 is 7.85. The minimum absolute atomic E-state index is 0.00342. The molecule has 30 heavy (non-hydrogen) atoms. The molecule has 1 N–H and O–H groups in total. The number of benzene rings is 2. The molecule has 0 bridgehead atoms. The second-order valence-electron chi connectivity index (χ2n) is 7.51. The smallest absolute Gasteiger partial charge is 0.240 e. The summed E-state index contributed by atoms with van der Waals surface area (Å²) in [5, 5.41) is 5.25. The van der Waals surface area contributed by atoms with Crippen LogP contribution in [0.1, 0.15) is 30.6 Å². The molecule has 1 unspecified atom stereocenters. The summed E-state index contributed by atoms with van der Waals surface area (Å²) in [6, 6.07) is 21.6. The van der Waals surface area contributed by atoms with Crippen molar-refractivity contribution in [3.8, 4) is 5.75 Å². The Kier molecular flexibility index (Phi) is 6.14. The van der Waals surface area contributed by atoms with E-state index in [0.717, 1.165) is 22.6 Å². The molecule has 0 saturated carbocycles. The quantitative estimate of drug-likeness (QED) is 0.428. The lowest BCUT2D eigenvalue weighted by Gasteiger charge is -2.22. The van der Waals surface area contributed by atoms with Gasteiger partial charge in [0.2, 0.25) is 5.91 Å². The third-order valence-corrected chi connectivity index (χ3v) is 5.93. The van der Waals surface area contributed by atoms with Gasteiger partial charge in [-0.1, -0.05) is 50.2 Å². The van der Waals surface area contributed by atoms with Crippen molar-refractivity contribution in [1.82, 2.24) is 14.9 Å². The highest BCUT2D eigenvalue weighted by Gasteiger charge is 2.21. The van der Waals surface area contributed by atoms with Crippen LogP contribution >= 0.6 is 11.3 Å². The Bertz CT molecular complexity index is 1100. The van der Waals surface area contributed by atoms with Crippen molar-refractivity contribution in [2.75, 3.05) is 0 Å². The number of thiophene rings is 1. The lowest BCUT2D eigenvalue weighted by molar-refractivity contribution is -0.122. The Labute approximate surface area is 180 Å². The van der Waals surface area contributed by atoms with Crippen molar-refractivity contribution < 1.29 is 9.53 Å². The van der Waals surface area contributed by atoms with Gasteiger partial charge in [-0.25, -0.2) is 4.98 Å². The van der Waals surface area contributed by atoms with E-state index in [-0.39, 0.29) is 18.5 Å². The van der Waals surface area contributed by atoms with Crippen molar-refractivity contribution >= 4 is 28.3 Å². The Balaban J connectivity index is 1.55. The highest BCUT2D eigenvalue weighted by molar-refractivity contribution is 7.10. The molecule has 6 heteroatoms. The van der Waals surface area contributed by atoms with Gasteiger partial charge < -0.3 is 14.6 Å². The Hall–Kier alpha value is -3.12. The zero-order valence-electron chi connectivity index (χ0n) is 17.1. The number of rotatable bonds is 8. The molecule has 154 valence electrons. The monoisotopic (exact) mass is 419 g/mol. The van der Waals surface area contributed by atoms with Crippen LogP contribution in [0.5, 0.6) is 5.75 Å². The molecule has 4 aromatic rings. The first kappa shape index (κ1) is 20.2. The second-order valence-corrected chi connectivity index (χ2v) is 8.49. The number of aromatic nitrogens is 2. The van der Waals surface area contributed by atoms with E-state index in [1.807, 2.05) is 70.6 Å². The second kappa shape index (κ2) is 9.13. The number of para-hydroxylation sites is 3. The Morgan fingerprint density at radius 1 is 1.07 bits per heavy atom. The number of carbonyl (C=O) groups is 1. The molecule has 2 aromatic heterocycles. The van der Waals surface area contributed by atoms with Crippen LogP contribution in [0.25, 0.3) is 11.0 Å². The van der Waals surface area contributed by atoms with E-state index >= 15 is 0 Å². The van der Waals surface area contributed by atoms with Gasteiger partial charge in [-0.15, -0.1) is 11.3 Å². The maximum absolute atomic E-state index is 13.0. The van der Waals surface area contributed by atoms with Crippen molar-refractivity contribution in [3.63, 3.8) is 0 Å². The topological polar surface area (TPSA) is 56.2 Å². The standard InChI is InChI=1S/C24H25N3O2S/c1-17(2)24(21-13-8-14-30-21)26-23(28)15-27-20-12-7-6-11-19(20)25-22(27)16-29-18-9-4-3-5-10-18/h3-14,17,24H,15-16H2,1-2H3,(H,26,28). The fraction of sp³-hybridized carbons (Fsp3) is 0.250. The van der Waals surface area contributed by atoms with E-state index in [1.54, 1.807) is 11.3 Å². The van der Waals surface area contributed by atoms with E-state index in [2.05, 4.69) is 25.2 Å². The average Bonchev–Trinajstić information content (AvgIpc) is 3.40. The number of imidazole rings is 1. The summed E-state index contributed by atoms with van der Waals surface area (Å²) in [4.78, 5) is 18.9. The molecule has 5 nitrogen and oxygen atoms in total. The van der Waals surface area contributed by atoms with E-state index in [9.17, 15) is 4.79 Å². The maximum Gasteiger partial charge on any atom is 0.240 e. The molecule has 1 atom stereocenters. The van der Waals surface area contributed by atoms with Crippen molar-refractivity contribution in [3.05, 3.63) is 82.8 Å². The molecule has 4 rings (SSSR count). The largest absolute Gasteiger partial charge is 0.486 e. The van der Waals surface area contributed by atoms with Gasteiger partial charge >= 0.3 is 0 Å². The van der Waals surface area contributed by atoms with Gasteiger partial charge in [0, 0.05) is 4.88 Å². The van der Waals surface area contributed by atoms with Gasteiger partial charge in [-0.05, 0) is 41.6 Å². The van der Waals surface area contributed by atoms with Gasteiger partial charge in [0.25, 0.3) is 0 Å². The van der Waals surface area contributed by atoms with Gasteiger partial charge in [0.05, 0.1) is 17.1 Å². The zero-order chi connectivity index (χ0) is 20.9. The number of hydrogen-bond acceptors (Lipinski definition) is 4. The fourth-order valence-electron chi connectivity index (χ4n) is 3.47. The summed E-state index contributed by atoms with van der Waals surface area (Å²) in [5.74, 6) is 1.77. The van der Waals surface area contributed by atoms with Crippen LogP contribution in [0.2, 0.25) is 0 Å². The van der Waals surface area contributed by atoms with Gasteiger partial charge in [-0.2, -0.15) is 0 Å². The predicted octanol–water partition coefficient (Wildman–Crippen LogP) is 5.19. The van der Waals surface area contributed by atoms with Crippen LogP contribution in [-0.2, 0) is 17.9 Å². The molecule has 2 heterocycles. The molecule has 0 aliphatic carbocycles. The number of nitrogens with zero attached hydrogens (tertiary/aromatic N) is 2. The van der Waals surface area contributed by atoms with Crippen LogP contribution in [0, 0.1) is 5.92 Å². The van der Waals surface area contributed by atoms with Crippen molar-refractivity contribution in [2.45, 2.75) is 33.0 Å². The molecule has 2 aromatic carbocycles. The van der Waals surface area contributed by atoms with Crippen LogP contribution in [0.3, 0.4) is 0 Å². The Morgan fingerprint density at radius 3 is 2.57 bits per heavy atom. The molecule has 0 aliphatic rings. The normalized spacial score (nSPS) is 12.2.